The highest BCUT2D eigenvalue weighted by Gasteiger charge is 2.24. The summed E-state index contributed by atoms with van der Waals surface area (Å²) in [5.74, 6) is 0.956. The second kappa shape index (κ2) is 11.1. The molecule has 4 rings (SSSR count). The molecule has 2 aliphatic rings. The molecule has 2 aliphatic heterocycles. The van der Waals surface area contributed by atoms with Gasteiger partial charge in [-0.25, -0.2) is 0 Å². The first-order valence-corrected chi connectivity index (χ1v) is 11.8. The third-order valence-electron chi connectivity index (χ3n) is 6.43. The Balaban J connectivity index is 1.26. The van der Waals surface area contributed by atoms with Gasteiger partial charge in [0, 0.05) is 44.7 Å². The minimum absolute atomic E-state index is 0.0683. The van der Waals surface area contributed by atoms with Crippen molar-refractivity contribution >= 4 is 17.6 Å². The van der Waals surface area contributed by atoms with Crippen molar-refractivity contribution in [1.82, 2.24) is 15.5 Å². The van der Waals surface area contributed by atoms with Crippen LogP contribution in [0.25, 0.3) is 0 Å². The largest absolute Gasteiger partial charge is 0.356 e. The van der Waals surface area contributed by atoms with Crippen molar-refractivity contribution in [3.05, 3.63) is 65.2 Å². The van der Waals surface area contributed by atoms with Gasteiger partial charge in [0.05, 0.1) is 0 Å². The van der Waals surface area contributed by atoms with Crippen molar-refractivity contribution in [2.45, 2.75) is 51.1 Å². The Bertz CT molecular complexity index is 916. The number of carbonyl (C=O) groups excluding carboxylic acids is 1. The van der Waals surface area contributed by atoms with Crippen LogP contribution < -0.4 is 16.0 Å². The molecule has 1 unspecified atom stereocenters. The van der Waals surface area contributed by atoms with Gasteiger partial charge >= 0.3 is 0 Å². The molecule has 0 bridgehead atoms. The summed E-state index contributed by atoms with van der Waals surface area (Å²) >= 11 is 0. The van der Waals surface area contributed by atoms with E-state index in [2.05, 4.69) is 56.2 Å². The number of fused-ring (bicyclic) bond motifs is 1. The smallest absolute Gasteiger partial charge is 0.225 e. The quantitative estimate of drug-likeness (QED) is 0.478. The number of nitrogens with one attached hydrogen (secondary N) is 3. The van der Waals surface area contributed by atoms with E-state index in [-0.39, 0.29) is 11.8 Å². The van der Waals surface area contributed by atoms with Crippen LogP contribution >= 0.6 is 0 Å². The van der Waals surface area contributed by atoms with Crippen LogP contribution in [0.5, 0.6) is 0 Å². The molecule has 1 fully saturated rings. The number of nitrogens with zero attached hydrogens (tertiary/aromatic N) is 2. The van der Waals surface area contributed by atoms with Crippen LogP contribution in [-0.4, -0.2) is 43.4 Å². The maximum absolute atomic E-state index is 12.0. The van der Waals surface area contributed by atoms with Crippen LogP contribution in [0.2, 0.25) is 0 Å². The summed E-state index contributed by atoms with van der Waals surface area (Å²) in [6.45, 7) is 4.87. The highest BCUT2D eigenvalue weighted by molar-refractivity contribution is 5.94. The number of anilines is 1. The van der Waals surface area contributed by atoms with E-state index in [0.717, 1.165) is 18.2 Å². The molecule has 3 N–H and O–H groups in total. The first-order chi connectivity index (χ1) is 15.7. The molecule has 0 radical (unpaired) electrons. The number of amides is 1. The van der Waals surface area contributed by atoms with Gasteiger partial charge < -0.3 is 16.0 Å². The Hall–Kier alpha value is -2.86. The molecule has 2 aromatic rings. The zero-order chi connectivity index (χ0) is 22.2. The van der Waals surface area contributed by atoms with Gasteiger partial charge in [0.1, 0.15) is 0 Å². The summed E-state index contributed by atoms with van der Waals surface area (Å²) in [4.78, 5) is 19.0. The molecular weight excluding hydrogens is 398 g/mol. The van der Waals surface area contributed by atoms with Crippen molar-refractivity contribution in [3.63, 3.8) is 0 Å². The normalized spacial score (nSPS) is 19.6. The fourth-order valence-corrected chi connectivity index (χ4v) is 4.63. The minimum Gasteiger partial charge on any atom is -0.356 e. The van der Waals surface area contributed by atoms with E-state index in [1.165, 1.54) is 55.5 Å². The minimum atomic E-state index is 0.0683. The molecule has 6 nitrogen and oxygen atoms in total. The van der Waals surface area contributed by atoms with Gasteiger partial charge in [0.25, 0.3) is 0 Å². The standard InChI is InChI=1S/C26H35N5O/c1-27-26(29-18-22-16-25(32)30-24-9-5-4-8-23(22)24)28-17-20-10-12-21(13-11-20)19-31-14-6-2-3-7-15-31/h4-5,8-13,22H,2-3,6-7,14-19H2,1H3,(H,30,32)(H2,27,28,29). The van der Waals surface area contributed by atoms with E-state index in [0.29, 0.717) is 19.5 Å². The lowest BCUT2D eigenvalue weighted by Gasteiger charge is -2.26. The predicted octanol–water partition coefficient (Wildman–Crippen LogP) is 3.85. The number of carbonyl (C=O) groups is 1. The van der Waals surface area contributed by atoms with Gasteiger partial charge in [-0.1, -0.05) is 55.3 Å². The second-order valence-corrected chi connectivity index (χ2v) is 8.85. The van der Waals surface area contributed by atoms with E-state index in [9.17, 15) is 4.79 Å². The Labute approximate surface area is 191 Å². The maximum Gasteiger partial charge on any atom is 0.225 e. The van der Waals surface area contributed by atoms with Crippen LogP contribution in [0.4, 0.5) is 5.69 Å². The van der Waals surface area contributed by atoms with Crippen molar-refractivity contribution in [2.75, 3.05) is 32.0 Å². The van der Waals surface area contributed by atoms with Gasteiger partial charge in [-0.05, 0) is 48.7 Å². The number of likely N-dealkylation sites (tertiary alicyclic amines) is 1. The number of para-hydroxylation sites is 1. The molecule has 0 spiro atoms. The first-order valence-electron chi connectivity index (χ1n) is 11.8. The van der Waals surface area contributed by atoms with Crippen LogP contribution in [0.1, 0.15) is 54.7 Å². The van der Waals surface area contributed by atoms with E-state index in [4.69, 9.17) is 0 Å². The lowest BCUT2D eigenvalue weighted by molar-refractivity contribution is -0.116. The average molecular weight is 434 g/mol. The Kier molecular flexibility index (Phi) is 7.77. The second-order valence-electron chi connectivity index (χ2n) is 8.85. The van der Waals surface area contributed by atoms with Gasteiger partial charge in [0.2, 0.25) is 5.91 Å². The van der Waals surface area contributed by atoms with E-state index in [1.54, 1.807) is 7.05 Å². The highest BCUT2D eigenvalue weighted by Crippen LogP contribution is 2.31. The van der Waals surface area contributed by atoms with Crippen LogP contribution in [0.3, 0.4) is 0 Å². The maximum atomic E-state index is 12.0. The number of hydrogen-bond acceptors (Lipinski definition) is 3. The zero-order valence-electron chi connectivity index (χ0n) is 19.1. The first kappa shape index (κ1) is 22.3. The van der Waals surface area contributed by atoms with Crippen LogP contribution in [0, 0.1) is 0 Å². The molecule has 0 saturated carbocycles. The average Bonchev–Trinajstić information content (AvgIpc) is 3.08. The van der Waals surface area contributed by atoms with Gasteiger partial charge in [0.15, 0.2) is 5.96 Å². The third-order valence-corrected chi connectivity index (χ3v) is 6.43. The van der Waals surface area contributed by atoms with Crippen molar-refractivity contribution in [2.24, 2.45) is 4.99 Å². The fraction of sp³-hybridized carbons (Fsp3) is 0.462. The molecule has 32 heavy (non-hydrogen) atoms. The molecule has 0 aromatic heterocycles. The monoisotopic (exact) mass is 433 g/mol. The molecule has 1 amide bonds. The molecule has 170 valence electrons. The molecule has 1 saturated heterocycles. The van der Waals surface area contributed by atoms with E-state index >= 15 is 0 Å². The lowest BCUT2D eigenvalue weighted by atomic mass is 9.90. The number of aliphatic imine (C=N–C) groups is 1. The van der Waals surface area contributed by atoms with Crippen molar-refractivity contribution in [1.29, 1.82) is 0 Å². The summed E-state index contributed by atoms with van der Waals surface area (Å²) in [7, 11) is 1.78. The van der Waals surface area contributed by atoms with Gasteiger partial charge in [-0.2, -0.15) is 0 Å². The van der Waals surface area contributed by atoms with Crippen LogP contribution in [0.15, 0.2) is 53.5 Å². The number of benzene rings is 2. The highest BCUT2D eigenvalue weighted by atomic mass is 16.1. The molecule has 0 aliphatic carbocycles. The molecular formula is C26H35N5O. The molecule has 1 atom stereocenters. The number of guanidine groups is 1. The Morgan fingerprint density at radius 3 is 2.47 bits per heavy atom. The van der Waals surface area contributed by atoms with Gasteiger partial charge in [-0.3, -0.25) is 14.7 Å². The summed E-state index contributed by atoms with van der Waals surface area (Å²) in [6.07, 6.45) is 5.88. The molecule has 6 heteroatoms. The zero-order valence-corrected chi connectivity index (χ0v) is 19.1. The molecule has 2 aromatic carbocycles. The topological polar surface area (TPSA) is 68.8 Å². The fourth-order valence-electron chi connectivity index (χ4n) is 4.63. The van der Waals surface area contributed by atoms with Crippen molar-refractivity contribution in [3.8, 4) is 0 Å². The Morgan fingerprint density at radius 1 is 1.00 bits per heavy atom. The molecule has 2 heterocycles. The summed E-state index contributed by atoms with van der Waals surface area (Å²) in [6, 6.07) is 16.9. The summed E-state index contributed by atoms with van der Waals surface area (Å²) < 4.78 is 0. The SMILES string of the molecule is CN=C(NCc1ccc(CN2CCCCCC2)cc1)NCC1CC(=O)Nc2ccccc21. The lowest BCUT2D eigenvalue weighted by Crippen LogP contribution is -2.40. The summed E-state index contributed by atoms with van der Waals surface area (Å²) in [5, 5.41) is 9.75. The summed E-state index contributed by atoms with van der Waals surface area (Å²) in [5.41, 5.74) is 4.70. The number of rotatable bonds is 6. The third kappa shape index (κ3) is 6.10. The number of hydrogen-bond donors (Lipinski definition) is 3. The Morgan fingerprint density at radius 2 is 1.72 bits per heavy atom. The van der Waals surface area contributed by atoms with Crippen LogP contribution in [-0.2, 0) is 17.9 Å². The van der Waals surface area contributed by atoms with Gasteiger partial charge in [-0.15, -0.1) is 0 Å². The van der Waals surface area contributed by atoms with Crippen molar-refractivity contribution < 1.29 is 4.79 Å². The predicted molar refractivity (Wildman–Crippen MR) is 131 cm³/mol. The van der Waals surface area contributed by atoms with E-state index < -0.39 is 0 Å². The van der Waals surface area contributed by atoms with E-state index in [1.807, 2.05) is 18.2 Å².